The van der Waals surface area contributed by atoms with Crippen LogP contribution in [0.3, 0.4) is 0 Å². The van der Waals surface area contributed by atoms with Crippen molar-refractivity contribution in [2.24, 2.45) is 5.92 Å². The minimum absolute atomic E-state index is 0.153. The van der Waals surface area contributed by atoms with Crippen LogP contribution < -0.4 is 5.32 Å². The molecule has 2 atom stereocenters. The zero-order valence-electron chi connectivity index (χ0n) is 4.61. The van der Waals surface area contributed by atoms with Crippen molar-refractivity contribution in [3.63, 3.8) is 0 Å². The van der Waals surface area contributed by atoms with E-state index < -0.39 is 0 Å². The Bertz CT molecular complexity index is 134. The fourth-order valence-electron chi connectivity index (χ4n) is 1.53. The van der Waals surface area contributed by atoms with Crippen LogP contribution in [-0.4, -0.2) is 18.4 Å². The summed E-state index contributed by atoms with van der Waals surface area (Å²) >= 11 is 0. The fraction of sp³-hybridized carbons (Fsp3) is 0.833. The molecule has 2 nitrogen and oxygen atoms in total. The van der Waals surface area contributed by atoms with Crippen LogP contribution in [0.4, 0.5) is 0 Å². The zero-order valence-corrected chi connectivity index (χ0v) is 4.61. The van der Waals surface area contributed by atoms with Crippen molar-refractivity contribution in [2.75, 3.05) is 6.54 Å². The molecule has 1 aliphatic heterocycles. The van der Waals surface area contributed by atoms with Gasteiger partial charge in [0.25, 0.3) is 0 Å². The maximum atomic E-state index is 10.2. The van der Waals surface area contributed by atoms with Gasteiger partial charge in [-0.25, -0.2) is 0 Å². The van der Waals surface area contributed by atoms with Gasteiger partial charge in [-0.2, -0.15) is 0 Å². The average Bonchev–Trinajstić information content (AvgIpc) is 2.38. The van der Waals surface area contributed by atoms with Gasteiger partial charge in [-0.15, -0.1) is 0 Å². The van der Waals surface area contributed by atoms with Crippen molar-refractivity contribution in [1.82, 2.24) is 5.32 Å². The minimum atomic E-state index is -0.153. The Labute approximate surface area is 48.3 Å². The minimum Gasteiger partial charge on any atom is -0.304 e. The summed E-state index contributed by atoms with van der Waals surface area (Å²) in [6, 6.07) is 0. The molecule has 0 spiro atoms. The van der Waals surface area contributed by atoms with Gasteiger partial charge in [0.2, 0.25) is 6.29 Å². The highest BCUT2D eigenvalue weighted by Crippen LogP contribution is 2.47. The van der Waals surface area contributed by atoms with Crippen molar-refractivity contribution in [3.8, 4) is 0 Å². The third-order valence-electron chi connectivity index (χ3n) is 2.22. The van der Waals surface area contributed by atoms with Crippen molar-refractivity contribution in [2.45, 2.75) is 18.4 Å². The second-order valence-electron chi connectivity index (χ2n) is 2.69. The highest BCUT2D eigenvalue weighted by Gasteiger charge is 2.57. The highest BCUT2D eigenvalue weighted by molar-refractivity contribution is 5.71. The summed E-state index contributed by atoms with van der Waals surface area (Å²) in [5.41, 5.74) is -0.153. The molecule has 8 heavy (non-hydrogen) atoms. The van der Waals surface area contributed by atoms with Crippen LogP contribution in [0.15, 0.2) is 0 Å². The molecule has 0 amide bonds. The maximum Gasteiger partial charge on any atom is 0.220 e. The van der Waals surface area contributed by atoms with Crippen LogP contribution in [0, 0.1) is 5.92 Å². The molecule has 1 radical (unpaired) electrons. The van der Waals surface area contributed by atoms with E-state index in [0.29, 0.717) is 5.92 Å². The van der Waals surface area contributed by atoms with Crippen LogP contribution in [-0.2, 0) is 4.79 Å². The lowest BCUT2D eigenvalue weighted by molar-refractivity contribution is 0.523. The van der Waals surface area contributed by atoms with Crippen LogP contribution >= 0.6 is 0 Å². The summed E-state index contributed by atoms with van der Waals surface area (Å²) < 4.78 is 0. The standard InChI is InChI=1S/C6H8NO/c8-4-6-3-5(6)1-2-7-6/h5,7H,1-3H2. The van der Waals surface area contributed by atoms with Crippen molar-refractivity contribution >= 4 is 6.29 Å². The second-order valence-corrected chi connectivity index (χ2v) is 2.69. The predicted octanol–water partition coefficient (Wildman–Crippen LogP) is -0.152. The van der Waals surface area contributed by atoms with Gasteiger partial charge in [0.05, 0.1) is 5.54 Å². The summed E-state index contributed by atoms with van der Waals surface area (Å²) in [6.45, 7) is 1.01. The van der Waals surface area contributed by atoms with E-state index in [4.69, 9.17) is 0 Å². The molecule has 1 N–H and O–H groups in total. The first-order valence-electron chi connectivity index (χ1n) is 3.02. The third-order valence-corrected chi connectivity index (χ3v) is 2.22. The number of rotatable bonds is 1. The van der Waals surface area contributed by atoms with E-state index >= 15 is 0 Å². The first-order valence-corrected chi connectivity index (χ1v) is 3.02. The van der Waals surface area contributed by atoms with Crippen LogP contribution in [0.5, 0.6) is 0 Å². The van der Waals surface area contributed by atoms with Gasteiger partial charge < -0.3 is 5.32 Å². The summed E-state index contributed by atoms with van der Waals surface area (Å²) in [5.74, 6) is 0.639. The Morgan fingerprint density at radius 1 is 1.75 bits per heavy atom. The third kappa shape index (κ3) is 0.348. The number of hydrogen-bond donors (Lipinski definition) is 1. The van der Waals surface area contributed by atoms with Gasteiger partial charge in [0.15, 0.2) is 0 Å². The van der Waals surface area contributed by atoms with E-state index in [0.717, 1.165) is 13.0 Å². The maximum absolute atomic E-state index is 10.2. The molecule has 2 heteroatoms. The first kappa shape index (κ1) is 4.50. The van der Waals surface area contributed by atoms with E-state index in [1.807, 2.05) is 0 Å². The van der Waals surface area contributed by atoms with Crippen molar-refractivity contribution in [3.05, 3.63) is 0 Å². The second kappa shape index (κ2) is 1.13. The molecule has 2 unspecified atom stereocenters. The lowest BCUT2D eigenvalue weighted by atomic mass is 10.2. The monoisotopic (exact) mass is 110 g/mol. The van der Waals surface area contributed by atoms with Crippen LogP contribution in [0.1, 0.15) is 12.8 Å². The predicted molar refractivity (Wildman–Crippen MR) is 29.2 cm³/mol. The van der Waals surface area contributed by atoms with Gasteiger partial charge in [-0.05, 0) is 25.3 Å². The zero-order chi connectivity index (χ0) is 5.61. The van der Waals surface area contributed by atoms with Gasteiger partial charge in [0.1, 0.15) is 0 Å². The smallest absolute Gasteiger partial charge is 0.220 e. The molecule has 1 aliphatic carbocycles. The summed E-state index contributed by atoms with van der Waals surface area (Å²) in [4.78, 5) is 10.2. The Balaban J connectivity index is 2.18. The highest BCUT2D eigenvalue weighted by atomic mass is 16.1. The molecule has 2 aliphatic rings. The average molecular weight is 110 g/mol. The number of nitrogens with one attached hydrogen (secondary N) is 1. The van der Waals surface area contributed by atoms with E-state index in [-0.39, 0.29) is 5.54 Å². The van der Waals surface area contributed by atoms with Crippen LogP contribution in [0.2, 0.25) is 0 Å². The molecule has 0 bridgehead atoms. The van der Waals surface area contributed by atoms with E-state index in [9.17, 15) is 4.79 Å². The number of hydrogen-bond acceptors (Lipinski definition) is 2. The van der Waals surface area contributed by atoms with Crippen molar-refractivity contribution < 1.29 is 4.79 Å². The number of piperidine rings is 1. The fourth-order valence-corrected chi connectivity index (χ4v) is 1.53. The lowest BCUT2D eigenvalue weighted by Gasteiger charge is -1.98. The summed E-state index contributed by atoms with van der Waals surface area (Å²) in [5, 5.41) is 3.13. The number of fused-ring (bicyclic) bond motifs is 1. The molecule has 1 heterocycles. The van der Waals surface area contributed by atoms with Gasteiger partial charge in [-0.3, -0.25) is 4.79 Å². The molecule has 0 aromatic rings. The Kier molecular flexibility index (Phi) is 0.637. The Morgan fingerprint density at radius 3 is 2.88 bits per heavy atom. The van der Waals surface area contributed by atoms with Crippen LogP contribution in [0.25, 0.3) is 0 Å². The lowest BCUT2D eigenvalue weighted by Crippen LogP contribution is -2.29. The molecule has 43 valence electrons. The molecule has 2 rings (SSSR count). The molecular formula is C6H8NO. The Hall–Kier alpha value is -0.370. The first-order chi connectivity index (χ1) is 3.87. The summed E-state index contributed by atoms with van der Waals surface area (Å²) in [7, 11) is 0. The van der Waals surface area contributed by atoms with E-state index in [1.165, 1.54) is 6.42 Å². The van der Waals surface area contributed by atoms with Gasteiger partial charge >= 0.3 is 0 Å². The van der Waals surface area contributed by atoms with E-state index in [1.54, 1.807) is 0 Å². The quantitative estimate of drug-likeness (QED) is 0.508. The van der Waals surface area contributed by atoms with Gasteiger partial charge in [0, 0.05) is 0 Å². The molecule has 1 saturated carbocycles. The topological polar surface area (TPSA) is 29.1 Å². The molecule has 2 fully saturated rings. The van der Waals surface area contributed by atoms with Crippen molar-refractivity contribution in [1.29, 1.82) is 0 Å². The Morgan fingerprint density at radius 2 is 2.62 bits per heavy atom. The largest absolute Gasteiger partial charge is 0.304 e. The molecule has 1 saturated heterocycles. The van der Waals surface area contributed by atoms with E-state index in [2.05, 4.69) is 11.6 Å². The molecule has 0 aromatic carbocycles. The van der Waals surface area contributed by atoms with Gasteiger partial charge in [-0.1, -0.05) is 0 Å². The number of carbonyl (C=O) groups excluding carboxylic acids is 1. The normalized spacial score (nSPS) is 50.8. The SMILES string of the molecule is O=[C]C12CC1CCN2. The molecule has 0 aromatic heterocycles. The summed E-state index contributed by atoms with van der Waals surface area (Å²) in [6.07, 6.45) is 4.27. The molecular weight excluding hydrogens is 102 g/mol.